The molecule has 2 fully saturated rings. The van der Waals surface area contributed by atoms with Gasteiger partial charge in [0.1, 0.15) is 0 Å². The fraction of sp³-hybridized carbons (Fsp3) is 0.867. The first-order valence-electron chi connectivity index (χ1n) is 8.02. The summed E-state index contributed by atoms with van der Waals surface area (Å²) < 4.78 is 0. The Labute approximate surface area is 160 Å². The Balaban J connectivity index is 0.00000264. The number of halogens is 1. The van der Waals surface area contributed by atoms with Crippen LogP contribution in [0.4, 0.5) is 0 Å². The summed E-state index contributed by atoms with van der Waals surface area (Å²) in [6.07, 6.45) is 3.48. The van der Waals surface area contributed by atoms with Gasteiger partial charge in [-0.15, -0.1) is 24.0 Å². The summed E-state index contributed by atoms with van der Waals surface area (Å²) in [5, 5.41) is 16.4. The van der Waals surface area contributed by atoms with E-state index in [-0.39, 0.29) is 29.9 Å². The van der Waals surface area contributed by atoms with Crippen molar-refractivity contribution in [3.05, 3.63) is 0 Å². The molecule has 2 saturated heterocycles. The summed E-state index contributed by atoms with van der Waals surface area (Å²) in [6.45, 7) is 2.38. The number of likely N-dealkylation sites (tertiary alicyclic amines) is 1. The molecule has 1 unspecified atom stereocenters. The second-order valence-corrected chi connectivity index (χ2v) is 7.34. The standard InChI is InChI=1S/C15H28N4O2S.HI/c1-16-13(20)9-12-3-6-19(7-4-12)14(17-2)18-10-15(21)5-8-22-11-15;/h12,21H,3-11H2,1-2H3,(H,16,20)(H,17,18);1H. The highest BCUT2D eigenvalue weighted by Gasteiger charge is 2.32. The van der Waals surface area contributed by atoms with Crippen molar-refractivity contribution in [3.8, 4) is 0 Å². The van der Waals surface area contributed by atoms with Crippen LogP contribution in [-0.2, 0) is 4.79 Å². The normalized spacial score (nSPS) is 25.9. The molecule has 0 aromatic carbocycles. The van der Waals surface area contributed by atoms with E-state index < -0.39 is 5.60 Å². The predicted molar refractivity (Wildman–Crippen MR) is 107 cm³/mol. The van der Waals surface area contributed by atoms with Crippen molar-refractivity contribution in [1.82, 2.24) is 15.5 Å². The Morgan fingerprint density at radius 2 is 2.13 bits per heavy atom. The molecule has 0 bridgehead atoms. The van der Waals surface area contributed by atoms with Gasteiger partial charge in [0.2, 0.25) is 5.91 Å². The van der Waals surface area contributed by atoms with Gasteiger partial charge in [0.15, 0.2) is 5.96 Å². The smallest absolute Gasteiger partial charge is 0.220 e. The lowest BCUT2D eigenvalue weighted by Crippen LogP contribution is -2.50. The number of hydrogen-bond donors (Lipinski definition) is 3. The van der Waals surface area contributed by atoms with E-state index in [1.54, 1.807) is 25.9 Å². The zero-order chi connectivity index (χ0) is 16.0. The average Bonchev–Trinajstić information content (AvgIpc) is 2.96. The number of piperidine rings is 1. The molecule has 23 heavy (non-hydrogen) atoms. The Morgan fingerprint density at radius 1 is 1.43 bits per heavy atom. The highest BCUT2D eigenvalue weighted by molar-refractivity contribution is 14.0. The predicted octanol–water partition coefficient (Wildman–Crippen LogP) is 0.896. The molecule has 134 valence electrons. The van der Waals surface area contributed by atoms with Crippen LogP contribution < -0.4 is 10.6 Å². The zero-order valence-corrected chi connectivity index (χ0v) is 17.2. The molecule has 0 aliphatic carbocycles. The van der Waals surface area contributed by atoms with Crippen molar-refractivity contribution in [2.75, 3.05) is 45.2 Å². The van der Waals surface area contributed by atoms with Gasteiger partial charge < -0.3 is 20.6 Å². The second kappa shape index (κ2) is 9.93. The summed E-state index contributed by atoms with van der Waals surface area (Å²) in [5.74, 6) is 3.28. The average molecular weight is 456 g/mol. The number of nitrogens with one attached hydrogen (secondary N) is 2. The third-order valence-electron chi connectivity index (χ3n) is 4.54. The van der Waals surface area contributed by atoms with Crippen molar-refractivity contribution in [2.24, 2.45) is 10.9 Å². The van der Waals surface area contributed by atoms with Crippen LogP contribution in [0.1, 0.15) is 25.7 Å². The lowest BCUT2D eigenvalue weighted by molar-refractivity contribution is -0.121. The Hall–Kier alpha value is -0.220. The van der Waals surface area contributed by atoms with Crippen molar-refractivity contribution >= 4 is 47.6 Å². The maximum atomic E-state index is 11.4. The van der Waals surface area contributed by atoms with Gasteiger partial charge >= 0.3 is 0 Å². The second-order valence-electron chi connectivity index (χ2n) is 6.24. The minimum absolute atomic E-state index is 0. The number of rotatable bonds is 4. The number of aliphatic hydroxyl groups is 1. The first-order valence-corrected chi connectivity index (χ1v) is 9.18. The third-order valence-corrected chi connectivity index (χ3v) is 5.77. The molecular formula is C15H29IN4O2S. The lowest BCUT2D eigenvalue weighted by Gasteiger charge is -2.35. The first-order chi connectivity index (χ1) is 10.6. The molecule has 1 amide bonds. The van der Waals surface area contributed by atoms with Crippen LogP contribution in [0.25, 0.3) is 0 Å². The van der Waals surface area contributed by atoms with Crippen LogP contribution in [-0.4, -0.2) is 72.7 Å². The molecule has 0 radical (unpaired) electrons. The van der Waals surface area contributed by atoms with Crippen LogP contribution >= 0.6 is 35.7 Å². The number of nitrogens with zero attached hydrogens (tertiary/aromatic N) is 2. The van der Waals surface area contributed by atoms with Gasteiger partial charge in [0, 0.05) is 45.9 Å². The minimum Gasteiger partial charge on any atom is -0.387 e. The molecular weight excluding hydrogens is 427 g/mol. The molecule has 2 aliphatic rings. The van der Waals surface area contributed by atoms with Crippen LogP contribution in [0, 0.1) is 5.92 Å². The number of hydrogen-bond acceptors (Lipinski definition) is 4. The van der Waals surface area contributed by atoms with Gasteiger partial charge in [-0.25, -0.2) is 0 Å². The Bertz CT molecular complexity index is 408. The third kappa shape index (κ3) is 6.30. The van der Waals surface area contributed by atoms with E-state index in [2.05, 4.69) is 20.5 Å². The van der Waals surface area contributed by atoms with Gasteiger partial charge in [0.25, 0.3) is 0 Å². The summed E-state index contributed by atoms with van der Waals surface area (Å²) in [6, 6.07) is 0. The quantitative estimate of drug-likeness (QED) is 0.333. The Kier molecular flexibility index (Phi) is 8.99. The van der Waals surface area contributed by atoms with Crippen molar-refractivity contribution in [2.45, 2.75) is 31.3 Å². The van der Waals surface area contributed by atoms with Crippen LogP contribution in [0.3, 0.4) is 0 Å². The van der Waals surface area contributed by atoms with Gasteiger partial charge in [-0.2, -0.15) is 11.8 Å². The molecule has 0 spiro atoms. The molecule has 0 aromatic rings. The minimum atomic E-state index is -0.599. The maximum absolute atomic E-state index is 11.4. The number of guanidine groups is 1. The number of amides is 1. The number of thioether (sulfide) groups is 1. The molecule has 1 atom stereocenters. The highest BCUT2D eigenvalue weighted by atomic mass is 127. The molecule has 8 heteroatoms. The van der Waals surface area contributed by atoms with Gasteiger partial charge in [-0.3, -0.25) is 9.79 Å². The van der Waals surface area contributed by atoms with Crippen LogP contribution in [0.2, 0.25) is 0 Å². The molecule has 3 N–H and O–H groups in total. The Morgan fingerprint density at radius 3 is 2.65 bits per heavy atom. The molecule has 2 heterocycles. The van der Waals surface area contributed by atoms with E-state index in [1.165, 1.54) is 0 Å². The molecule has 2 aliphatic heterocycles. The van der Waals surface area contributed by atoms with E-state index in [9.17, 15) is 9.90 Å². The van der Waals surface area contributed by atoms with Crippen LogP contribution in [0.5, 0.6) is 0 Å². The van der Waals surface area contributed by atoms with Gasteiger partial charge in [-0.1, -0.05) is 0 Å². The lowest BCUT2D eigenvalue weighted by atomic mass is 9.93. The fourth-order valence-corrected chi connectivity index (χ4v) is 4.32. The molecule has 2 rings (SSSR count). The van der Waals surface area contributed by atoms with E-state index in [4.69, 9.17) is 0 Å². The topological polar surface area (TPSA) is 77.0 Å². The molecule has 0 saturated carbocycles. The number of aliphatic imine (C=N–C) groups is 1. The van der Waals surface area contributed by atoms with E-state index in [0.29, 0.717) is 18.9 Å². The SMILES string of the molecule is CN=C(NCC1(O)CCSC1)N1CCC(CC(=O)NC)CC1.I. The highest BCUT2D eigenvalue weighted by Crippen LogP contribution is 2.27. The van der Waals surface area contributed by atoms with Crippen molar-refractivity contribution in [1.29, 1.82) is 0 Å². The van der Waals surface area contributed by atoms with E-state index >= 15 is 0 Å². The summed E-state index contributed by atoms with van der Waals surface area (Å²) in [7, 11) is 3.47. The fourth-order valence-electron chi connectivity index (χ4n) is 3.02. The summed E-state index contributed by atoms with van der Waals surface area (Å²) in [5.41, 5.74) is -0.599. The van der Waals surface area contributed by atoms with E-state index in [0.717, 1.165) is 49.8 Å². The molecule has 6 nitrogen and oxygen atoms in total. The van der Waals surface area contributed by atoms with Gasteiger partial charge in [-0.05, 0) is 30.9 Å². The van der Waals surface area contributed by atoms with E-state index in [1.807, 2.05) is 0 Å². The molecule has 0 aromatic heterocycles. The summed E-state index contributed by atoms with van der Waals surface area (Å²) >= 11 is 1.80. The number of carbonyl (C=O) groups excluding carboxylic acids is 1. The van der Waals surface area contributed by atoms with Crippen LogP contribution in [0.15, 0.2) is 4.99 Å². The zero-order valence-electron chi connectivity index (χ0n) is 14.0. The largest absolute Gasteiger partial charge is 0.387 e. The monoisotopic (exact) mass is 456 g/mol. The van der Waals surface area contributed by atoms with Crippen molar-refractivity contribution < 1.29 is 9.90 Å². The van der Waals surface area contributed by atoms with Crippen molar-refractivity contribution in [3.63, 3.8) is 0 Å². The number of carbonyl (C=O) groups is 1. The first kappa shape index (κ1) is 20.8. The maximum Gasteiger partial charge on any atom is 0.220 e. The van der Waals surface area contributed by atoms with Gasteiger partial charge in [0.05, 0.1) is 5.60 Å². The summed E-state index contributed by atoms with van der Waals surface area (Å²) in [4.78, 5) is 18.0.